The van der Waals surface area contributed by atoms with Crippen molar-refractivity contribution in [1.29, 1.82) is 0 Å². The maximum atomic E-state index is 13.8. The van der Waals surface area contributed by atoms with E-state index in [1.807, 2.05) is 18.7 Å². The highest BCUT2D eigenvalue weighted by atomic mass is 32.1. The van der Waals surface area contributed by atoms with Crippen molar-refractivity contribution in [3.05, 3.63) is 22.1 Å². The SMILES string of the molecule is CNC(=O)c1c(C)sc2c(C(F)(F)F)cc(N3CCN(CC(=O)CC(C)C)CC3)nc12. The van der Waals surface area contributed by atoms with Crippen molar-refractivity contribution in [2.75, 3.05) is 44.7 Å². The van der Waals surface area contributed by atoms with Crippen LogP contribution < -0.4 is 10.2 Å². The van der Waals surface area contributed by atoms with Gasteiger partial charge < -0.3 is 10.2 Å². The molecule has 0 atom stereocenters. The number of carbonyl (C=O) groups excluding carboxylic acids is 2. The van der Waals surface area contributed by atoms with Gasteiger partial charge in [0, 0.05) is 44.5 Å². The first kappa shape index (κ1) is 23.5. The number of nitrogens with one attached hydrogen (secondary N) is 1. The number of piperazine rings is 1. The average molecular weight is 457 g/mol. The maximum Gasteiger partial charge on any atom is 0.417 e. The molecule has 0 spiro atoms. The van der Waals surface area contributed by atoms with Crippen LogP contribution in [0.2, 0.25) is 0 Å². The summed E-state index contributed by atoms with van der Waals surface area (Å²) in [6.07, 6.45) is -4.04. The van der Waals surface area contributed by atoms with E-state index < -0.39 is 17.6 Å². The van der Waals surface area contributed by atoms with Crippen molar-refractivity contribution < 1.29 is 22.8 Å². The summed E-state index contributed by atoms with van der Waals surface area (Å²) in [6, 6.07) is 1.07. The Labute approximate surface area is 183 Å². The van der Waals surface area contributed by atoms with E-state index in [1.54, 1.807) is 11.8 Å². The number of hydrogen-bond donors (Lipinski definition) is 1. The number of hydrogen-bond acceptors (Lipinski definition) is 6. The topological polar surface area (TPSA) is 65.5 Å². The van der Waals surface area contributed by atoms with Crippen LogP contribution in [-0.2, 0) is 11.0 Å². The Hall–Kier alpha value is -2.20. The minimum absolute atomic E-state index is 0.0229. The highest BCUT2D eigenvalue weighted by molar-refractivity contribution is 7.19. The highest BCUT2D eigenvalue weighted by Gasteiger charge is 2.36. The molecule has 3 heterocycles. The Morgan fingerprint density at radius 2 is 1.87 bits per heavy atom. The number of Topliss-reactive ketones (excluding diaryl/α,β-unsaturated/α-hetero) is 1. The summed E-state index contributed by atoms with van der Waals surface area (Å²) in [6.45, 7) is 8.03. The number of aryl methyl sites for hydroxylation is 1. The third-order valence-electron chi connectivity index (χ3n) is 5.30. The van der Waals surface area contributed by atoms with Gasteiger partial charge >= 0.3 is 6.18 Å². The lowest BCUT2D eigenvalue weighted by Crippen LogP contribution is -2.48. The van der Waals surface area contributed by atoms with Crippen molar-refractivity contribution in [1.82, 2.24) is 15.2 Å². The van der Waals surface area contributed by atoms with Crippen LogP contribution in [0.15, 0.2) is 6.07 Å². The molecule has 1 amide bonds. The second kappa shape index (κ2) is 9.12. The number of ketones is 1. The minimum Gasteiger partial charge on any atom is -0.355 e. The zero-order chi connectivity index (χ0) is 22.9. The minimum atomic E-state index is -4.56. The fourth-order valence-corrected chi connectivity index (χ4v) is 4.96. The molecule has 1 aliphatic rings. The summed E-state index contributed by atoms with van der Waals surface area (Å²) in [5.41, 5.74) is -0.501. The molecule has 0 aromatic carbocycles. The molecular weight excluding hydrogens is 429 g/mol. The predicted molar refractivity (Wildman–Crippen MR) is 116 cm³/mol. The summed E-state index contributed by atoms with van der Waals surface area (Å²) < 4.78 is 41.4. The molecule has 31 heavy (non-hydrogen) atoms. The summed E-state index contributed by atoms with van der Waals surface area (Å²) in [5.74, 6) is 0.228. The summed E-state index contributed by atoms with van der Waals surface area (Å²) in [4.78, 5) is 33.2. The van der Waals surface area contributed by atoms with Gasteiger partial charge in [-0.15, -0.1) is 11.3 Å². The number of nitrogens with zero attached hydrogens (tertiary/aromatic N) is 3. The molecule has 1 aliphatic heterocycles. The molecule has 10 heteroatoms. The summed E-state index contributed by atoms with van der Waals surface area (Å²) in [7, 11) is 1.44. The van der Waals surface area contributed by atoms with Gasteiger partial charge in [-0.25, -0.2) is 4.98 Å². The van der Waals surface area contributed by atoms with E-state index in [9.17, 15) is 22.8 Å². The van der Waals surface area contributed by atoms with Gasteiger partial charge in [-0.3, -0.25) is 14.5 Å². The Balaban J connectivity index is 1.89. The second-order valence-electron chi connectivity index (χ2n) is 8.22. The van der Waals surface area contributed by atoms with Crippen LogP contribution in [0.1, 0.15) is 41.1 Å². The molecule has 0 unspecified atom stereocenters. The number of anilines is 1. The largest absolute Gasteiger partial charge is 0.417 e. The van der Waals surface area contributed by atoms with E-state index in [4.69, 9.17) is 0 Å². The Morgan fingerprint density at radius 1 is 1.23 bits per heavy atom. The first-order valence-corrected chi connectivity index (χ1v) is 11.0. The Kier molecular flexibility index (Phi) is 6.90. The number of aromatic nitrogens is 1. The lowest BCUT2D eigenvalue weighted by atomic mass is 10.1. The molecule has 1 fully saturated rings. The zero-order valence-electron chi connectivity index (χ0n) is 18.1. The van der Waals surface area contributed by atoms with E-state index in [0.717, 1.165) is 17.4 Å². The standard InChI is InChI=1S/C21H27F3N4O2S/c1-12(2)9-14(29)11-27-5-7-28(8-6-27)16-10-15(21(22,23)24)19-18(26-16)17(13(3)31-19)20(30)25-4/h10,12H,5-9,11H2,1-4H3,(H,25,30). The van der Waals surface area contributed by atoms with Gasteiger partial charge in [-0.2, -0.15) is 13.2 Å². The zero-order valence-corrected chi connectivity index (χ0v) is 18.9. The van der Waals surface area contributed by atoms with Crippen molar-refractivity contribution in [2.24, 2.45) is 5.92 Å². The molecule has 3 rings (SSSR count). The van der Waals surface area contributed by atoms with Gasteiger partial charge in [0.05, 0.1) is 27.9 Å². The average Bonchev–Trinajstić information content (AvgIpc) is 3.01. The number of amides is 1. The number of halogens is 3. The van der Waals surface area contributed by atoms with Gasteiger partial charge in [0.15, 0.2) is 0 Å². The van der Waals surface area contributed by atoms with E-state index in [0.29, 0.717) is 49.9 Å². The van der Waals surface area contributed by atoms with Gasteiger partial charge in [0.25, 0.3) is 5.91 Å². The summed E-state index contributed by atoms with van der Waals surface area (Å²) in [5, 5.41) is 2.49. The number of fused-ring (bicyclic) bond motifs is 1. The van der Waals surface area contributed by atoms with E-state index in [1.165, 1.54) is 7.05 Å². The van der Waals surface area contributed by atoms with Crippen LogP contribution in [0.5, 0.6) is 0 Å². The van der Waals surface area contributed by atoms with E-state index >= 15 is 0 Å². The van der Waals surface area contributed by atoms with Crippen molar-refractivity contribution >= 4 is 39.1 Å². The Bertz CT molecular complexity index is 979. The van der Waals surface area contributed by atoms with Crippen molar-refractivity contribution in [3.8, 4) is 0 Å². The number of thiophene rings is 1. The molecule has 1 N–H and O–H groups in total. The monoisotopic (exact) mass is 456 g/mol. The van der Waals surface area contributed by atoms with Crippen molar-refractivity contribution in [3.63, 3.8) is 0 Å². The molecule has 1 saturated heterocycles. The summed E-state index contributed by atoms with van der Waals surface area (Å²) >= 11 is 0.936. The van der Waals surface area contributed by atoms with Crippen LogP contribution in [-0.4, -0.2) is 61.3 Å². The highest BCUT2D eigenvalue weighted by Crippen LogP contribution is 2.42. The molecule has 0 aliphatic carbocycles. The van der Waals surface area contributed by atoms with Gasteiger partial charge in [0.2, 0.25) is 0 Å². The third-order valence-corrected chi connectivity index (χ3v) is 6.42. The Morgan fingerprint density at radius 3 is 2.42 bits per heavy atom. The fraction of sp³-hybridized carbons (Fsp3) is 0.571. The number of rotatable bonds is 6. The number of carbonyl (C=O) groups is 2. The van der Waals surface area contributed by atoms with Crippen LogP contribution in [0, 0.1) is 12.8 Å². The van der Waals surface area contributed by atoms with Crippen LogP contribution in [0.25, 0.3) is 10.2 Å². The number of pyridine rings is 1. The maximum absolute atomic E-state index is 13.8. The molecule has 0 saturated carbocycles. The lowest BCUT2D eigenvalue weighted by molar-refractivity contribution is -0.136. The molecule has 6 nitrogen and oxygen atoms in total. The number of alkyl halides is 3. The van der Waals surface area contributed by atoms with E-state index in [-0.39, 0.29) is 27.4 Å². The molecule has 170 valence electrons. The quantitative estimate of drug-likeness (QED) is 0.718. The van der Waals surface area contributed by atoms with Crippen LogP contribution >= 0.6 is 11.3 Å². The smallest absolute Gasteiger partial charge is 0.355 e. The van der Waals surface area contributed by atoms with Gasteiger partial charge in [-0.05, 0) is 18.9 Å². The van der Waals surface area contributed by atoms with Crippen LogP contribution in [0.4, 0.5) is 19.0 Å². The molecule has 2 aromatic rings. The van der Waals surface area contributed by atoms with E-state index in [2.05, 4.69) is 10.3 Å². The molecule has 0 radical (unpaired) electrons. The van der Waals surface area contributed by atoms with Crippen molar-refractivity contribution in [2.45, 2.75) is 33.4 Å². The molecular formula is C21H27F3N4O2S. The molecule has 0 bridgehead atoms. The normalized spacial score (nSPS) is 15.7. The first-order chi connectivity index (χ1) is 14.5. The first-order valence-electron chi connectivity index (χ1n) is 10.2. The van der Waals surface area contributed by atoms with Crippen LogP contribution in [0.3, 0.4) is 0 Å². The van der Waals surface area contributed by atoms with Gasteiger partial charge in [-0.1, -0.05) is 13.8 Å². The third kappa shape index (κ3) is 5.17. The molecule has 2 aromatic heterocycles. The van der Waals surface area contributed by atoms with Gasteiger partial charge in [0.1, 0.15) is 11.6 Å². The lowest BCUT2D eigenvalue weighted by Gasteiger charge is -2.35. The predicted octanol–water partition coefficient (Wildman–Crippen LogP) is 3.72. The second-order valence-corrected chi connectivity index (χ2v) is 9.44. The fourth-order valence-electron chi connectivity index (χ4n) is 3.83.